The summed E-state index contributed by atoms with van der Waals surface area (Å²) in [5.41, 5.74) is 5.12. The van der Waals surface area contributed by atoms with Crippen LogP contribution in [0.2, 0.25) is 0 Å². The Bertz CT molecular complexity index is 1010. The van der Waals surface area contributed by atoms with Gasteiger partial charge in [0, 0.05) is 35.8 Å². The van der Waals surface area contributed by atoms with Crippen LogP contribution in [0.4, 0.5) is 8.78 Å². The molecule has 6 heteroatoms. The Labute approximate surface area is 175 Å². The lowest BCUT2D eigenvalue weighted by molar-refractivity contribution is -0.134. The van der Waals surface area contributed by atoms with Crippen LogP contribution >= 0.6 is 0 Å². The average Bonchev–Trinajstić information content (AvgIpc) is 3.05. The molecular weight excluding hydrogens is 386 g/mol. The molecule has 4 nitrogen and oxygen atoms in total. The Kier molecular flexibility index (Phi) is 7.36. The molecule has 0 fully saturated rings. The molecular formula is C24H26F2N2O2. The Morgan fingerprint density at radius 2 is 1.90 bits per heavy atom. The monoisotopic (exact) mass is 412 g/mol. The predicted molar refractivity (Wildman–Crippen MR) is 116 cm³/mol. The van der Waals surface area contributed by atoms with Crippen LogP contribution in [0.1, 0.15) is 22.4 Å². The molecule has 0 atom stereocenters. The number of carbonyl (C=O) groups is 1. The van der Waals surface area contributed by atoms with Gasteiger partial charge in [0.25, 0.3) is 6.43 Å². The van der Waals surface area contributed by atoms with E-state index >= 15 is 0 Å². The molecule has 2 aromatic carbocycles. The van der Waals surface area contributed by atoms with Gasteiger partial charge >= 0.3 is 5.97 Å². The van der Waals surface area contributed by atoms with Crippen LogP contribution in [-0.2, 0) is 22.5 Å². The number of aromatic amines is 1. The van der Waals surface area contributed by atoms with Crippen LogP contribution in [0.25, 0.3) is 17.0 Å². The van der Waals surface area contributed by atoms with Crippen LogP contribution in [0.3, 0.4) is 0 Å². The first kappa shape index (κ1) is 21.7. The normalized spacial score (nSPS) is 11.8. The summed E-state index contributed by atoms with van der Waals surface area (Å²) in [6.45, 7) is 2.72. The van der Waals surface area contributed by atoms with Crippen molar-refractivity contribution in [2.75, 3.05) is 20.2 Å². The van der Waals surface area contributed by atoms with Crippen LogP contribution < -0.4 is 0 Å². The topological polar surface area (TPSA) is 45.3 Å². The SMILES string of the molecule is COC(=O)/C=C/c1ccc(CN(CCc2c(C)[nH]c3ccccc23)CC(F)F)cc1. The minimum Gasteiger partial charge on any atom is -0.466 e. The number of hydrogen-bond acceptors (Lipinski definition) is 3. The van der Waals surface area contributed by atoms with Gasteiger partial charge < -0.3 is 9.72 Å². The highest BCUT2D eigenvalue weighted by molar-refractivity contribution is 5.87. The van der Waals surface area contributed by atoms with E-state index in [0.29, 0.717) is 19.5 Å². The number of para-hydroxylation sites is 1. The van der Waals surface area contributed by atoms with Gasteiger partial charge in [-0.2, -0.15) is 0 Å². The van der Waals surface area contributed by atoms with Gasteiger partial charge in [-0.3, -0.25) is 4.90 Å². The molecule has 0 aliphatic rings. The second kappa shape index (κ2) is 10.2. The van der Waals surface area contributed by atoms with Crippen molar-refractivity contribution in [1.82, 2.24) is 9.88 Å². The summed E-state index contributed by atoms with van der Waals surface area (Å²) < 4.78 is 30.9. The fourth-order valence-electron chi connectivity index (χ4n) is 3.58. The summed E-state index contributed by atoms with van der Waals surface area (Å²) in [4.78, 5) is 16.3. The fraction of sp³-hybridized carbons (Fsp3) is 0.292. The van der Waals surface area contributed by atoms with Gasteiger partial charge in [0.2, 0.25) is 0 Å². The van der Waals surface area contributed by atoms with Gasteiger partial charge in [0.1, 0.15) is 0 Å². The van der Waals surface area contributed by atoms with Gasteiger partial charge in [-0.1, -0.05) is 42.5 Å². The molecule has 0 aliphatic carbocycles. The molecule has 0 saturated heterocycles. The highest BCUT2D eigenvalue weighted by Crippen LogP contribution is 2.23. The fourth-order valence-corrected chi connectivity index (χ4v) is 3.58. The lowest BCUT2D eigenvalue weighted by Gasteiger charge is -2.22. The second-order valence-electron chi connectivity index (χ2n) is 7.25. The maximum atomic E-state index is 13.2. The molecule has 1 N–H and O–H groups in total. The summed E-state index contributed by atoms with van der Waals surface area (Å²) in [5, 5.41) is 1.15. The third-order valence-corrected chi connectivity index (χ3v) is 5.10. The van der Waals surface area contributed by atoms with Crippen molar-refractivity contribution in [3.8, 4) is 0 Å². The van der Waals surface area contributed by atoms with Gasteiger partial charge in [0.05, 0.1) is 13.7 Å². The number of ether oxygens (including phenoxy) is 1. The summed E-state index contributed by atoms with van der Waals surface area (Å²) in [6.07, 6.45) is 1.31. The molecule has 3 rings (SSSR count). The number of aryl methyl sites for hydroxylation is 1. The maximum absolute atomic E-state index is 13.2. The standard InChI is InChI=1S/C24H26F2N2O2/c1-17-20(21-5-3-4-6-22(21)27-17)13-14-28(16-23(25)26)15-19-9-7-18(8-10-19)11-12-24(29)30-2/h3-12,23,27H,13-16H2,1-2H3/b12-11+. The minimum atomic E-state index is -2.39. The average molecular weight is 412 g/mol. The number of carbonyl (C=O) groups excluding carboxylic acids is 1. The number of aromatic nitrogens is 1. The first-order chi connectivity index (χ1) is 14.5. The van der Waals surface area contributed by atoms with Crippen molar-refractivity contribution >= 4 is 22.9 Å². The Morgan fingerprint density at radius 3 is 2.60 bits per heavy atom. The zero-order valence-electron chi connectivity index (χ0n) is 17.2. The van der Waals surface area contributed by atoms with Crippen LogP contribution in [0, 0.1) is 6.92 Å². The van der Waals surface area contributed by atoms with Gasteiger partial charge in [-0.15, -0.1) is 0 Å². The van der Waals surface area contributed by atoms with Crippen LogP contribution in [0.15, 0.2) is 54.6 Å². The summed E-state index contributed by atoms with van der Waals surface area (Å²) in [7, 11) is 1.32. The third-order valence-electron chi connectivity index (χ3n) is 5.10. The van der Waals surface area contributed by atoms with Crippen molar-refractivity contribution in [1.29, 1.82) is 0 Å². The molecule has 1 heterocycles. The minimum absolute atomic E-state index is 0.272. The van der Waals surface area contributed by atoms with E-state index in [-0.39, 0.29) is 6.54 Å². The van der Waals surface area contributed by atoms with Gasteiger partial charge in [0.15, 0.2) is 0 Å². The number of nitrogens with zero attached hydrogens (tertiary/aromatic N) is 1. The van der Waals surface area contributed by atoms with E-state index in [2.05, 4.69) is 15.8 Å². The number of rotatable bonds is 9. The second-order valence-corrected chi connectivity index (χ2v) is 7.25. The summed E-state index contributed by atoms with van der Waals surface area (Å²) in [5.74, 6) is -0.422. The number of alkyl halides is 2. The third kappa shape index (κ3) is 5.76. The highest BCUT2D eigenvalue weighted by Gasteiger charge is 2.15. The van der Waals surface area contributed by atoms with Gasteiger partial charge in [-0.25, -0.2) is 13.6 Å². The first-order valence-corrected chi connectivity index (χ1v) is 9.88. The van der Waals surface area contributed by atoms with Crippen molar-refractivity contribution in [3.05, 3.63) is 77.0 Å². The number of methoxy groups -OCH3 is 1. The van der Waals surface area contributed by atoms with Crippen LogP contribution in [0.5, 0.6) is 0 Å². The largest absolute Gasteiger partial charge is 0.466 e. The molecule has 158 valence electrons. The lowest BCUT2D eigenvalue weighted by Crippen LogP contribution is -2.30. The number of nitrogens with one attached hydrogen (secondary N) is 1. The Hall–Kier alpha value is -2.99. The van der Waals surface area contributed by atoms with Crippen molar-refractivity contribution in [2.24, 2.45) is 0 Å². The predicted octanol–water partition coefficient (Wildman–Crippen LogP) is 4.97. The van der Waals surface area contributed by atoms with Crippen molar-refractivity contribution in [3.63, 3.8) is 0 Å². The first-order valence-electron chi connectivity index (χ1n) is 9.88. The quantitative estimate of drug-likeness (QED) is 0.399. The number of hydrogen-bond donors (Lipinski definition) is 1. The number of fused-ring (bicyclic) bond motifs is 1. The van der Waals surface area contributed by atoms with E-state index in [9.17, 15) is 13.6 Å². The van der Waals surface area contributed by atoms with Crippen molar-refractivity contribution < 1.29 is 18.3 Å². The van der Waals surface area contributed by atoms with Crippen molar-refractivity contribution in [2.45, 2.75) is 26.3 Å². The molecule has 0 unspecified atom stereocenters. The Morgan fingerprint density at radius 1 is 1.17 bits per heavy atom. The number of halogens is 2. The molecule has 0 radical (unpaired) electrons. The molecule has 1 aromatic heterocycles. The molecule has 3 aromatic rings. The molecule has 0 spiro atoms. The molecule has 0 saturated carbocycles. The number of benzene rings is 2. The van der Waals surface area contributed by atoms with E-state index < -0.39 is 12.4 Å². The zero-order valence-corrected chi connectivity index (χ0v) is 17.2. The Balaban J connectivity index is 1.68. The summed E-state index contributed by atoms with van der Waals surface area (Å²) >= 11 is 0. The molecule has 0 bridgehead atoms. The van der Waals surface area contributed by atoms with E-state index in [1.54, 1.807) is 11.0 Å². The summed E-state index contributed by atoms with van der Waals surface area (Å²) in [6, 6.07) is 15.6. The van der Waals surface area contributed by atoms with E-state index in [1.165, 1.54) is 18.7 Å². The smallest absolute Gasteiger partial charge is 0.330 e. The van der Waals surface area contributed by atoms with Gasteiger partial charge in [-0.05, 0) is 42.2 Å². The lowest BCUT2D eigenvalue weighted by atomic mass is 10.1. The number of esters is 1. The van der Waals surface area contributed by atoms with Crippen LogP contribution in [-0.4, -0.2) is 42.5 Å². The molecule has 0 aliphatic heterocycles. The highest BCUT2D eigenvalue weighted by atomic mass is 19.3. The van der Waals surface area contributed by atoms with E-state index in [0.717, 1.165) is 27.7 Å². The zero-order chi connectivity index (χ0) is 21.5. The van der Waals surface area contributed by atoms with E-state index in [1.807, 2.05) is 49.4 Å². The maximum Gasteiger partial charge on any atom is 0.330 e. The number of H-pyrrole nitrogens is 1. The molecule has 30 heavy (non-hydrogen) atoms. The molecule has 0 amide bonds. The van der Waals surface area contributed by atoms with E-state index in [4.69, 9.17) is 0 Å².